The van der Waals surface area contributed by atoms with E-state index in [1.54, 1.807) is 24.3 Å². The van der Waals surface area contributed by atoms with E-state index in [1.807, 2.05) is 13.8 Å². The van der Waals surface area contributed by atoms with Crippen molar-refractivity contribution in [1.82, 2.24) is 4.98 Å². The van der Waals surface area contributed by atoms with Crippen molar-refractivity contribution in [2.24, 2.45) is 5.73 Å². The van der Waals surface area contributed by atoms with Crippen LogP contribution < -0.4 is 5.73 Å². The number of hydrogen-bond donors (Lipinski definition) is 2. The summed E-state index contributed by atoms with van der Waals surface area (Å²) in [5, 5.41) is 9.61. The number of alkyl halides is 3. The van der Waals surface area contributed by atoms with Gasteiger partial charge < -0.3 is 10.8 Å². The molecule has 0 bridgehead atoms. The molecule has 2 aromatic rings. The summed E-state index contributed by atoms with van der Waals surface area (Å²) < 4.78 is 37.7. The zero-order valence-corrected chi connectivity index (χ0v) is 14.3. The van der Waals surface area contributed by atoms with Gasteiger partial charge in [0.25, 0.3) is 0 Å². The molecule has 0 aliphatic rings. The van der Waals surface area contributed by atoms with Crippen molar-refractivity contribution in [3.63, 3.8) is 0 Å². The second-order valence-corrected chi connectivity index (χ2v) is 5.30. The van der Waals surface area contributed by atoms with Gasteiger partial charge >= 0.3 is 12.1 Å². The van der Waals surface area contributed by atoms with E-state index in [1.165, 1.54) is 6.07 Å². The topological polar surface area (TPSA) is 76.2 Å². The summed E-state index contributed by atoms with van der Waals surface area (Å²) in [6.45, 7) is 4.00. The first-order chi connectivity index (χ1) is 11.7. The molecule has 3 N–H and O–H groups in total. The van der Waals surface area contributed by atoms with Crippen molar-refractivity contribution in [1.29, 1.82) is 0 Å². The molecule has 8 heteroatoms. The van der Waals surface area contributed by atoms with Crippen molar-refractivity contribution < 1.29 is 23.1 Å². The molecule has 136 valence electrons. The third-order valence-corrected chi connectivity index (χ3v) is 3.56. The average Bonchev–Trinajstić information content (AvgIpc) is 2.58. The lowest BCUT2D eigenvalue weighted by molar-refractivity contribution is -0.141. The van der Waals surface area contributed by atoms with Crippen LogP contribution in [0.1, 0.15) is 36.6 Å². The number of benzene rings is 1. The molecule has 0 saturated carbocycles. The van der Waals surface area contributed by atoms with E-state index in [0.717, 1.165) is 12.3 Å². The molecule has 0 aliphatic heterocycles. The van der Waals surface area contributed by atoms with Gasteiger partial charge in [-0.15, -0.1) is 0 Å². The number of rotatable bonds is 4. The lowest BCUT2D eigenvalue weighted by Gasteiger charge is -2.22. The molecular weight excluding hydrogens is 357 g/mol. The summed E-state index contributed by atoms with van der Waals surface area (Å²) in [5.74, 6) is -2.12. The fourth-order valence-corrected chi connectivity index (χ4v) is 2.30. The molecule has 0 fully saturated rings. The average molecular weight is 375 g/mol. The highest BCUT2D eigenvalue weighted by Gasteiger charge is 2.33. The molecule has 0 aliphatic carbocycles. The highest BCUT2D eigenvalue weighted by molar-refractivity contribution is 6.30. The number of pyridine rings is 1. The molecule has 1 aromatic carbocycles. The summed E-state index contributed by atoms with van der Waals surface area (Å²) in [6, 6.07) is 6.90. The lowest BCUT2D eigenvalue weighted by atomic mass is 9.86. The van der Waals surface area contributed by atoms with Gasteiger partial charge in [0.15, 0.2) is 0 Å². The third kappa shape index (κ3) is 5.44. The quantitative estimate of drug-likeness (QED) is 0.835. The smallest absolute Gasteiger partial charge is 0.433 e. The van der Waals surface area contributed by atoms with Gasteiger partial charge in [-0.1, -0.05) is 43.6 Å². The number of carboxylic acids is 1. The first kappa shape index (κ1) is 20.9. The molecule has 0 saturated heterocycles. The zero-order valence-electron chi connectivity index (χ0n) is 13.6. The van der Waals surface area contributed by atoms with Gasteiger partial charge in [0.2, 0.25) is 0 Å². The Kier molecular flexibility index (Phi) is 7.38. The molecule has 0 radical (unpaired) electrons. The molecule has 0 amide bonds. The Morgan fingerprint density at radius 3 is 2.04 bits per heavy atom. The lowest BCUT2D eigenvalue weighted by Crippen LogP contribution is -2.37. The third-order valence-electron chi connectivity index (χ3n) is 3.31. The Bertz CT molecular complexity index is 689. The van der Waals surface area contributed by atoms with Crippen LogP contribution in [0.15, 0.2) is 42.6 Å². The number of carboxylic acid groups (broad SMARTS) is 1. The second kappa shape index (κ2) is 8.82. The maximum Gasteiger partial charge on any atom is 0.433 e. The number of halogens is 4. The molecule has 0 spiro atoms. The van der Waals surface area contributed by atoms with Crippen LogP contribution >= 0.6 is 11.6 Å². The molecule has 25 heavy (non-hydrogen) atoms. The first-order valence-electron chi connectivity index (χ1n) is 7.47. The van der Waals surface area contributed by atoms with Crippen LogP contribution in [0, 0.1) is 0 Å². The molecular formula is C17H18ClF3N2O2. The summed E-state index contributed by atoms with van der Waals surface area (Å²) in [6.07, 6.45) is -3.58. The number of nitrogens with two attached hydrogens (primary N) is 1. The number of carbonyl (C=O) groups is 1. The first-order valence-corrected chi connectivity index (χ1v) is 7.85. The SMILES string of the molecule is CC.N[C@H](C(=O)O)[C@@H](c1ccc(Cl)cc1)c1ccc(C(F)(F)F)nc1. The maximum absolute atomic E-state index is 12.6. The Hall–Kier alpha value is -2.12. The van der Waals surface area contributed by atoms with E-state index < -0.39 is 29.8 Å². The van der Waals surface area contributed by atoms with Gasteiger partial charge in [0.1, 0.15) is 11.7 Å². The molecule has 1 heterocycles. The van der Waals surface area contributed by atoms with Crippen LogP contribution in [0.25, 0.3) is 0 Å². The number of hydrogen-bond acceptors (Lipinski definition) is 3. The predicted molar refractivity (Wildman–Crippen MR) is 89.5 cm³/mol. The van der Waals surface area contributed by atoms with E-state index in [4.69, 9.17) is 22.4 Å². The zero-order chi connectivity index (χ0) is 19.2. The van der Waals surface area contributed by atoms with Crippen LogP contribution in [0.3, 0.4) is 0 Å². The molecule has 4 nitrogen and oxygen atoms in total. The fraction of sp³-hybridized carbons (Fsp3) is 0.294. The largest absolute Gasteiger partial charge is 0.480 e. The van der Waals surface area contributed by atoms with Gasteiger partial charge in [-0.2, -0.15) is 13.2 Å². The molecule has 2 atom stereocenters. The fourth-order valence-electron chi connectivity index (χ4n) is 2.18. The van der Waals surface area contributed by atoms with Crippen LogP contribution in [-0.4, -0.2) is 22.1 Å². The van der Waals surface area contributed by atoms with Crippen LogP contribution in [0.2, 0.25) is 5.02 Å². The highest BCUT2D eigenvalue weighted by Crippen LogP contribution is 2.31. The normalized spacial score (nSPS) is 13.4. The minimum absolute atomic E-state index is 0.273. The Balaban J connectivity index is 0.00000151. The van der Waals surface area contributed by atoms with Crippen LogP contribution in [0.4, 0.5) is 13.2 Å². The predicted octanol–water partition coefficient (Wildman–Crippen LogP) is 4.32. The Morgan fingerprint density at radius 1 is 1.12 bits per heavy atom. The van der Waals surface area contributed by atoms with E-state index in [2.05, 4.69) is 4.98 Å². The summed E-state index contributed by atoms with van der Waals surface area (Å²) in [4.78, 5) is 14.6. The van der Waals surface area contributed by atoms with E-state index >= 15 is 0 Å². The maximum atomic E-state index is 12.6. The monoisotopic (exact) mass is 374 g/mol. The van der Waals surface area contributed by atoms with Crippen molar-refractivity contribution in [3.8, 4) is 0 Å². The van der Waals surface area contributed by atoms with Crippen LogP contribution in [0.5, 0.6) is 0 Å². The highest BCUT2D eigenvalue weighted by atomic mass is 35.5. The van der Waals surface area contributed by atoms with E-state index in [9.17, 15) is 18.0 Å². The van der Waals surface area contributed by atoms with Gasteiger partial charge in [-0.3, -0.25) is 9.78 Å². The van der Waals surface area contributed by atoms with Crippen molar-refractivity contribution in [2.75, 3.05) is 0 Å². The number of aliphatic carboxylic acids is 1. The standard InChI is InChI=1S/C15H12ClF3N2O2.C2H6/c16-10-4-1-8(2-5-10)12(13(20)14(22)23)9-3-6-11(21-7-9)15(17,18)19;1-2/h1-7,12-13H,20H2,(H,22,23);1-2H3/t12-,13-;/m0./s1. The minimum atomic E-state index is -4.57. The molecule has 1 aromatic heterocycles. The number of aromatic nitrogens is 1. The van der Waals surface area contributed by atoms with Gasteiger partial charge in [0, 0.05) is 17.1 Å². The van der Waals surface area contributed by atoms with E-state index in [0.29, 0.717) is 10.6 Å². The Morgan fingerprint density at radius 2 is 1.64 bits per heavy atom. The van der Waals surface area contributed by atoms with Crippen molar-refractivity contribution >= 4 is 17.6 Å². The molecule has 0 unspecified atom stereocenters. The van der Waals surface area contributed by atoms with Gasteiger partial charge in [-0.05, 0) is 29.3 Å². The minimum Gasteiger partial charge on any atom is -0.480 e. The van der Waals surface area contributed by atoms with Gasteiger partial charge in [-0.25, -0.2) is 0 Å². The van der Waals surface area contributed by atoms with Crippen molar-refractivity contribution in [2.45, 2.75) is 32.0 Å². The van der Waals surface area contributed by atoms with Crippen LogP contribution in [-0.2, 0) is 11.0 Å². The molecule has 2 rings (SSSR count). The van der Waals surface area contributed by atoms with E-state index in [-0.39, 0.29) is 5.56 Å². The second-order valence-electron chi connectivity index (χ2n) is 4.87. The van der Waals surface area contributed by atoms with Gasteiger partial charge in [0.05, 0.1) is 0 Å². The Labute approximate surface area is 148 Å². The summed E-state index contributed by atoms with van der Waals surface area (Å²) in [7, 11) is 0. The number of nitrogens with zero attached hydrogens (tertiary/aromatic N) is 1. The summed E-state index contributed by atoms with van der Waals surface area (Å²) >= 11 is 5.79. The van der Waals surface area contributed by atoms with Crippen molar-refractivity contribution in [3.05, 3.63) is 64.4 Å². The summed E-state index contributed by atoms with van der Waals surface area (Å²) in [5.41, 5.74) is 5.44.